The van der Waals surface area contributed by atoms with Gasteiger partial charge in [-0.25, -0.2) is 4.99 Å². The Labute approximate surface area is 134 Å². The van der Waals surface area contributed by atoms with Crippen molar-refractivity contribution in [2.24, 2.45) is 4.99 Å². The average molecular weight is 370 g/mol. The summed E-state index contributed by atoms with van der Waals surface area (Å²) in [5.41, 5.74) is 1.32. The Hall–Kier alpha value is -0.980. The molecule has 1 aliphatic heterocycles. The zero-order valence-corrected chi connectivity index (χ0v) is 14.0. The lowest BCUT2D eigenvalue weighted by Crippen LogP contribution is -1.89. The second-order valence-electron chi connectivity index (χ2n) is 3.78. The highest BCUT2D eigenvalue weighted by Gasteiger charge is 2.22. The predicted octanol–water partition coefficient (Wildman–Crippen LogP) is 4.35. The average Bonchev–Trinajstić information content (AvgIpc) is 2.79. The minimum absolute atomic E-state index is 0.0358. The van der Waals surface area contributed by atoms with Crippen LogP contribution in [0.5, 0.6) is 5.75 Å². The van der Waals surface area contributed by atoms with Crippen molar-refractivity contribution in [3.05, 3.63) is 46.6 Å². The lowest BCUT2D eigenvalue weighted by molar-refractivity contribution is -0.107. The normalized spacial score (nSPS) is 16.4. The SMILES string of the molecule is C=CCSC1=N/C(=C/c2cc(OC)ccc2Br)C(=O)S1. The topological polar surface area (TPSA) is 38.7 Å². The molecule has 0 amide bonds. The molecule has 2 rings (SSSR count). The number of hydrogen-bond acceptors (Lipinski definition) is 5. The van der Waals surface area contributed by atoms with Crippen LogP contribution >= 0.6 is 39.5 Å². The molecule has 1 aliphatic rings. The van der Waals surface area contributed by atoms with Gasteiger partial charge in [-0.2, -0.15) is 0 Å². The van der Waals surface area contributed by atoms with E-state index in [4.69, 9.17) is 4.74 Å². The molecule has 0 N–H and O–H groups in total. The highest BCUT2D eigenvalue weighted by Crippen LogP contribution is 2.32. The molecule has 6 heteroatoms. The fraction of sp³-hybridized carbons (Fsp3) is 0.143. The predicted molar refractivity (Wildman–Crippen MR) is 91.4 cm³/mol. The summed E-state index contributed by atoms with van der Waals surface area (Å²) < 4.78 is 6.84. The van der Waals surface area contributed by atoms with Crippen LogP contribution in [0.1, 0.15) is 5.56 Å². The van der Waals surface area contributed by atoms with E-state index < -0.39 is 0 Å². The quantitative estimate of drug-likeness (QED) is 0.584. The summed E-state index contributed by atoms with van der Waals surface area (Å²) in [5.74, 6) is 1.48. The van der Waals surface area contributed by atoms with Crippen molar-refractivity contribution in [1.29, 1.82) is 0 Å². The maximum absolute atomic E-state index is 11.9. The number of aliphatic imine (C=N–C) groups is 1. The summed E-state index contributed by atoms with van der Waals surface area (Å²) in [6.07, 6.45) is 3.56. The first-order valence-electron chi connectivity index (χ1n) is 5.74. The van der Waals surface area contributed by atoms with E-state index in [1.807, 2.05) is 18.2 Å². The minimum atomic E-state index is -0.0358. The van der Waals surface area contributed by atoms with E-state index in [1.54, 1.807) is 19.3 Å². The molecule has 0 fully saturated rings. The van der Waals surface area contributed by atoms with Crippen LogP contribution in [0.2, 0.25) is 0 Å². The molecule has 0 saturated carbocycles. The number of hydrogen-bond donors (Lipinski definition) is 0. The number of halogens is 1. The lowest BCUT2D eigenvalue weighted by Gasteiger charge is -2.03. The number of rotatable bonds is 4. The van der Waals surface area contributed by atoms with Gasteiger partial charge in [-0.3, -0.25) is 4.79 Å². The number of ether oxygens (including phenoxy) is 1. The molecule has 0 unspecified atom stereocenters. The second kappa shape index (κ2) is 7.15. The molecule has 0 bridgehead atoms. The number of methoxy groups -OCH3 is 1. The number of carbonyl (C=O) groups excluding carboxylic acids is 1. The maximum Gasteiger partial charge on any atom is 0.244 e. The smallest absolute Gasteiger partial charge is 0.244 e. The van der Waals surface area contributed by atoms with Crippen molar-refractivity contribution < 1.29 is 9.53 Å². The first-order chi connectivity index (χ1) is 9.63. The minimum Gasteiger partial charge on any atom is -0.497 e. The van der Waals surface area contributed by atoms with Crippen LogP contribution in [0.3, 0.4) is 0 Å². The van der Waals surface area contributed by atoms with Crippen LogP contribution in [0, 0.1) is 0 Å². The molecular formula is C14H12BrNO2S2. The Morgan fingerprint density at radius 2 is 2.35 bits per heavy atom. The van der Waals surface area contributed by atoms with Crippen molar-refractivity contribution in [3.8, 4) is 5.75 Å². The van der Waals surface area contributed by atoms with E-state index in [1.165, 1.54) is 11.8 Å². The molecule has 20 heavy (non-hydrogen) atoms. The highest BCUT2D eigenvalue weighted by atomic mass is 79.9. The van der Waals surface area contributed by atoms with E-state index in [0.29, 0.717) is 5.70 Å². The van der Waals surface area contributed by atoms with Gasteiger partial charge in [0.25, 0.3) is 0 Å². The summed E-state index contributed by atoms with van der Waals surface area (Å²) >= 11 is 6.13. The third kappa shape index (κ3) is 3.77. The van der Waals surface area contributed by atoms with Crippen LogP contribution in [0.25, 0.3) is 6.08 Å². The summed E-state index contributed by atoms with van der Waals surface area (Å²) in [6.45, 7) is 3.65. The Morgan fingerprint density at radius 1 is 1.55 bits per heavy atom. The number of benzene rings is 1. The molecule has 104 valence electrons. The lowest BCUT2D eigenvalue weighted by atomic mass is 10.2. The van der Waals surface area contributed by atoms with Crippen LogP contribution in [0.15, 0.2) is 46.0 Å². The van der Waals surface area contributed by atoms with E-state index in [-0.39, 0.29) is 5.12 Å². The molecule has 0 radical (unpaired) electrons. The fourth-order valence-corrected chi connectivity index (χ4v) is 3.45. The monoisotopic (exact) mass is 369 g/mol. The Morgan fingerprint density at radius 3 is 3.05 bits per heavy atom. The molecule has 0 spiro atoms. The first-order valence-corrected chi connectivity index (χ1v) is 8.33. The fourth-order valence-electron chi connectivity index (χ4n) is 1.49. The van der Waals surface area contributed by atoms with Crippen LogP contribution in [0.4, 0.5) is 0 Å². The molecular weight excluding hydrogens is 358 g/mol. The molecule has 1 heterocycles. The van der Waals surface area contributed by atoms with E-state index in [2.05, 4.69) is 27.5 Å². The number of nitrogens with zero attached hydrogens (tertiary/aromatic N) is 1. The molecule has 0 aromatic heterocycles. The molecule has 0 atom stereocenters. The summed E-state index contributed by atoms with van der Waals surface area (Å²) in [5, 5.41) is -0.0358. The standard InChI is InChI=1S/C14H12BrNO2S2/c1-3-6-19-14-16-12(13(17)20-14)8-9-7-10(18-2)4-5-11(9)15/h3-5,7-8H,1,6H2,2H3/b12-8+. The summed E-state index contributed by atoms with van der Waals surface area (Å²) in [6, 6.07) is 5.60. The largest absolute Gasteiger partial charge is 0.497 e. The molecule has 1 aromatic rings. The zero-order chi connectivity index (χ0) is 14.5. The van der Waals surface area contributed by atoms with E-state index >= 15 is 0 Å². The van der Waals surface area contributed by atoms with Crippen molar-refractivity contribution in [2.75, 3.05) is 12.9 Å². The third-order valence-electron chi connectivity index (χ3n) is 2.42. The van der Waals surface area contributed by atoms with Crippen LogP contribution in [-0.2, 0) is 4.79 Å². The maximum atomic E-state index is 11.9. The van der Waals surface area contributed by atoms with Crippen molar-refractivity contribution in [1.82, 2.24) is 0 Å². The van der Waals surface area contributed by atoms with Gasteiger partial charge in [0.1, 0.15) is 15.8 Å². The van der Waals surface area contributed by atoms with Gasteiger partial charge in [-0.05, 0) is 41.6 Å². The van der Waals surface area contributed by atoms with Crippen LogP contribution < -0.4 is 4.74 Å². The van der Waals surface area contributed by atoms with Gasteiger partial charge in [0, 0.05) is 10.2 Å². The van der Waals surface area contributed by atoms with Crippen molar-refractivity contribution >= 4 is 55.0 Å². The second-order valence-corrected chi connectivity index (χ2v) is 6.87. The van der Waals surface area contributed by atoms with Gasteiger partial charge in [0.15, 0.2) is 0 Å². The van der Waals surface area contributed by atoms with Crippen LogP contribution in [-0.4, -0.2) is 22.4 Å². The van der Waals surface area contributed by atoms with Gasteiger partial charge in [0.05, 0.1) is 7.11 Å². The highest BCUT2D eigenvalue weighted by molar-refractivity contribution is 9.10. The first kappa shape index (κ1) is 15.4. The molecule has 0 aliphatic carbocycles. The number of carbonyl (C=O) groups is 1. The van der Waals surface area contributed by atoms with Crippen molar-refractivity contribution in [3.63, 3.8) is 0 Å². The zero-order valence-electron chi connectivity index (χ0n) is 10.8. The molecule has 3 nitrogen and oxygen atoms in total. The van der Waals surface area contributed by atoms with E-state index in [9.17, 15) is 4.79 Å². The number of thioether (sulfide) groups is 2. The Kier molecular flexibility index (Phi) is 5.51. The van der Waals surface area contributed by atoms with E-state index in [0.717, 1.165) is 37.7 Å². The van der Waals surface area contributed by atoms with Gasteiger partial charge >= 0.3 is 0 Å². The molecule has 1 aromatic carbocycles. The van der Waals surface area contributed by atoms with Gasteiger partial charge in [-0.1, -0.05) is 33.8 Å². The Balaban J connectivity index is 2.28. The Bertz CT molecular complexity index is 611. The van der Waals surface area contributed by atoms with Gasteiger partial charge in [0.2, 0.25) is 5.12 Å². The van der Waals surface area contributed by atoms with Crippen molar-refractivity contribution in [2.45, 2.75) is 0 Å². The van der Waals surface area contributed by atoms with Gasteiger partial charge in [-0.15, -0.1) is 6.58 Å². The van der Waals surface area contributed by atoms with Gasteiger partial charge < -0.3 is 4.74 Å². The third-order valence-corrected chi connectivity index (χ3v) is 5.15. The summed E-state index contributed by atoms with van der Waals surface area (Å²) in [4.78, 5) is 16.3. The molecule has 0 saturated heterocycles. The summed E-state index contributed by atoms with van der Waals surface area (Å²) in [7, 11) is 1.61.